The fraction of sp³-hybridized carbons (Fsp3) is 0.643. The van der Waals surface area contributed by atoms with Crippen LogP contribution >= 0.6 is 0 Å². The minimum absolute atomic E-state index is 0.126. The van der Waals surface area contributed by atoms with Crippen molar-refractivity contribution in [1.82, 2.24) is 14.7 Å². The number of ether oxygens (including phenoxy) is 2. The van der Waals surface area contributed by atoms with Gasteiger partial charge in [-0.3, -0.25) is 9.48 Å². The summed E-state index contributed by atoms with van der Waals surface area (Å²) in [6.07, 6.45) is 3.29. The predicted octanol–water partition coefficient (Wildman–Crippen LogP) is -0.299. The molecular weight excluding hydrogens is 290 g/mol. The number of amides is 1. The van der Waals surface area contributed by atoms with E-state index < -0.39 is 17.6 Å². The van der Waals surface area contributed by atoms with E-state index >= 15 is 0 Å². The summed E-state index contributed by atoms with van der Waals surface area (Å²) in [7, 11) is 0. The second-order valence-electron chi connectivity index (χ2n) is 5.55. The van der Waals surface area contributed by atoms with Gasteiger partial charge in [0.05, 0.1) is 19.8 Å². The molecule has 0 aromatic carbocycles. The Hall–Kier alpha value is -1.93. The van der Waals surface area contributed by atoms with Crippen LogP contribution in [0.15, 0.2) is 18.5 Å². The summed E-state index contributed by atoms with van der Waals surface area (Å²) in [5, 5.41) is 13.7. The second-order valence-corrected chi connectivity index (χ2v) is 5.55. The molecule has 1 aromatic rings. The maximum absolute atomic E-state index is 12.4. The van der Waals surface area contributed by atoms with Crippen LogP contribution in [0.25, 0.3) is 0 Å². The van der Waals surface area contributed by atoms with Crippen molar-refractivity contribution in [2.24, 2.45) is 0 Å². The first kappa shape index (κ1) is 15.0. The first-order valence-electron chi connectivity index (χ1n) is 7.35. The van der Waals surface area contributed by atoms with Crippen molar-refractivity contribution in [3.05, 3.63) is 18.5 Å². The monoisotopic (exact) mass is 309 g/mol. The molecule has 3 rings (SSSR count). The minimum atomic E-state index is -1.08. The van der Waals surface area contributed by atoms with Gasteiger partial charge in [-0.1, -0.05) is 0 Å². The topological polar surface area (TPSA) is 93.9 Å². The number of carboxylic acids is 1. The standard InChI is InChI=1S/C14H19N3O5/c18-12(11-10-21-8-9-22-11)16-6-2-14(3-7-16,13(19)20)17-5-1-4-15-17/h1,4-5,11H,2-3,6-10H2,(H,19,20). The SMILES string of the molecule is O=C(C1COCCO1)N1CCC(C(=O)O)(n2cccn2)CC1. The van der Waals surface area contributed by atoms with Gasteiger partial charge in [-0.05, 0) is 6.07 Å². The lowest BCUT2D eigenvalue weighted by Crippen LogP contribution is -2.55. The van der Waals surface area contributed by atoms with Crippen molar-refractivity contribution < 1.29 is 24.2 Å². The van der Waals surface area contributed by atoms with Gasteiger partial charge >= 0.3 is 5.97 Å². The molecule has 0 saturated carbocycles. The number of piperidine rings is 1. The Kier molecular flexibility index (Phi) is 4.12. The van der Waals surface area contributed by atoms with E-state index in [-0.39, 0.29) is 12.5 Å². The molecule has 2 fully saturated rings. The number of hydrogen-bond acceptors (Lipinski definition) is 5. The van der Waals surface area contributed by atoms with Gasteiger partial charge in [0.2, 0.25) is 0 Å². The zero-order valence-corrected chi connectivity index (χ0v) is 12.2. The molecule has 120 valence electrons. The van der Waals surface area contributed by atoms with Crippen molar-refractivity contribution in [2.45, 2.75) is 24.5 Å². The van der Waals surface area contributed by atoms with Gasteiger partial charge in [-0.25, -0.2) is 4.79 Å². The van der Waals surface area contributed by atoms with Gasteiger partial charge in [0.1, 0.15) is 0 Å². The number of carboxylic acid groups (broad SMARTS) is 1. The fourth-order valence-electron chi connectivity index (χ4n) is 2.99. The molecule has 1 N–H and O–H groups in total. The van der Waals surface area contributed by atoms with Crippen LogP contribution in [0.2, 0.25) is 0 Å². The Bertz CT molecular complexity index is 531. The first-order chi connectivity index (χ1) is 10.6. The summed E-state index contributed by atoms with van der Waals surface area (Å²) in [6.45, 7) is 1.91. The third-order valence-corrected chi connectivity index (χ3v) is 4.33. The average Bonchev–Trinajstić information content (AvgIpc) is 3.10. The third-order valence-electron chi connectivity index (χ3n) is 4.33. The number of nitrogens with zero attached hydrogens (tertiary/aromatic N) is 3. The van der Waals surface area contributed by atoms with Crippen molar-refractivity contribution in [1.29, 1.82) is 0 Å². The van der Waals surface area contributed by atoms with E-state index in [0.29, 0.717) is 39.1 Å². The number of carbonyl (C=O) groups is 2. The molecule has 8 nitrogen and oxygen atoms in total. The van der Waals surface area contributed by atoms with E-state index in [1.54, 1.807) is 23.4 Å². The van der Waals surface area contributed by atoms with Crippen LogP contribution in [0, 0.1) is 0 Å². The Morgan fingerprint density at radius 2 is 2.05 bits per heavy atom. The van der Waals surface area contributed by atoms with Crippen LogP contribution < -0.4 is 0 Å². The van der Waals surface area contributed by atoms with Crippen LogP contribution in [0.4, 0.5) is 0 Å². The molecule has 0 bridgehead atoms. The zero-order valence-electron chi connectivity index (χ0n) is 12.2. The van der Waals surface area contributed by atoms with Crippen LogP contribution in [0.5, 0.6) is 0 Å². The smallest absolute Gasteiger partial charge is 0.331 e. The Balaban J connectivity index is 1.68. The maximum Gasteiger partial charge on any atom is 0.331 e. The molecule has 0 spiro atoms. The summed E-state index contributed by atoms with van der Waals surface area (Å²) >= 11 is 0. The van der Waals surface area contributed by atoms with E-state index in [1.807, 2.05) is 0 Å². The van der Waals surface area contributed by atoms with Crippen LogP contribution in [0.3, 0.4) is 0 Å². The van der Waals surface area contributed by atoms with Crippen molar-refractivity contribution in [3.8, 4) is 0 Å². The zero-order chi connectivity index (χ0) is 15.6. The normalized spacial score (nSPS) is 24.9. The molecule has 1 atom stereocenters. The number of hydrogen-bond donors (Lipinski definition) is 1. The lowest BCUT2D eigenvalue weighted by Gasteiger charge is -2.40. The minimum Gasteiger partial charge on any atom is -0.479 e. The van der Waals surface area contributed by atoms with Crippen molar-refractivity contribution in [2.75, 3.05) is 32.9 Å². The van der Waals surface area contributed by atoms with E-state index in [1.165, 1.54) is 4.68 Å². The molecule has 0 radical (unpaired) electrons. The largest absolute Gasteiger partial charge is 0.479 e. The highest BCUT2D eigenvalue weighted by molar-refractivity contribution is 5.82. The number of aliphatic carboxylic acids is 1. The third kappa shape index (κ3) is 2.59. The summed E-state index contributed by atoms with van der Waals surface area (Å²) in [5.74, 6) is -1.04. The summed E-state index contributed by atoms with van der Waals surface area (Å²) in [5.41, 5.74) is -1.08. The van der Waals surface area contributed by atoms with Crippen molar-refractivity contribution in [3.63, 3.8) is 0 Å². The molecule has 1 aromatic heterocycles. The van der Waals surface area contributed by atoms with Gasteiger partial charge in [-0.15, -0.1) is 0 Å². The van der Waals surface area contributed by atoms with Crippen molar-refractivity contribution >= 4 is 11.9 Å². The predicted molar refractivity (Wildman–Crippen MR) is 74.2 cm³/mol. The maximum atomic E-state index is 12.4. The Labute approximate surface area is 127 Å². The van der Waals surface area contributed by atoms with Gasteiger partial charge in [0.25, 0.3) is 5.91 Å². The van der Waals surface area contributed by atoms with E-state index in [9.17, 15) is 14.7 Å². The number of aromatic nitrogens is 2. The average molecular weight is 309 g/mol. The number of rotatable bonds is 3. The summed E-state index contributed by atoms with van der Waals surface area (Å²) in [6, 6.07) is 1.70. The second kappa shape index (κ2) is 6.05. The lowest BCUT2D eigenvalue weighted by molar-refractivity contribution is -0.163. The van der Waals surface area contributed by atoms with Gasteiger partial charge in [0, 0.05) is 38.3 Å². The molecule has 2 aliphatic rings. The molecule has 22 heavy (non-hydrogen) atoms. The number of carbonyl (C=O) groups excluding carboxylic acids is 1. The molecule has 3 heterocycles. The molecular formula is C14H19N3O5. The highest BCUT2D eigenvalue weighted by atomic mass is 16.6. The molecule has 2 saturated heterocycles. The van der Waals surface area contributed by atoms with Gasteiger partial charge in [0.15, 0.2) is 11.6 Å². The van der Waals surface area contributed by atoms with Crippen LogP contribution in [-0.2, 0) is 24.6 Å². The van der Waals surface area contributed by atoms with Crippen LogP contribution in [0.1, 0.15) is 12.8 Å². The van der Waals surface area contributed by atoms with E-state index in [4.69, 9.17) is 9.47 Å². The quantitative estimate of drug-likeness (QED) is 0.824. The summed E-state index contributed by atoms with van der Waals surface area (Å²) < 4.78 is 12.1. The van der Waals surface area contributed by atoms with Gasteiger partial charge < -0.3 is 19.5 Å². The molecule has 1 unspecified atom stereocenters. The van der Waals surface area contributed by atoms with E-state index in [0.717, 1.165) is 0 Å². The molecule has 2 aliphatic heterocycles. The molecule has 8 heteroatoms. The van der Waals surface area contributed by atoms with Crippen LogP contribution in [-0.4, -0.2) is 70.7 Å². The Morgan fingerprint density at radius 1 is 1.27 bits per heavy atom. The highest BCUT2D eigenvalue weighted by Crippen LogP contribution is 2.30. The molecule has 0 aliphatic carbocycles. The van der Waals surface area contributed by atoms with Gasteiger partial charge in [-0.2, -0.15) is 5.10 Å². The lowest BCUT2D eigenvalue weighted by atomic mass is 9.87. The van der Waals surface area contributed by atoms with E-state index in [2.05, 4.69) is 5.10 Å². The summed E-state index contributed by atoms with van der Waals surface area (Å²) in [4.78, 5) is 25.8. The fourth-order valence-corrected chi connectivity index (χ4v) is 2.99. The molecule has 1 amide bonds. The first-order valence-corrected chi connectivity index (χ1v) is 7.35. The highest BCUT2D eigenvalue weighted by Gasteiger charge is 2.45. The Morgan fingerprint density at radius 3 is 2.59 bits per heavy atom. The number of likely N-dealkylation sites (tertiary alicyclic amines) is 1.